The molecule has 2 heteroatoms. The number of fused-ring (bicyclic) bond motifs is 4. The summed E-state index contributed by atoms with van der Waals surface area (Å²) in [5, 5.41) is 0. The first-order chi connectivity index (χ1) is 6.38. The molecule has 0 saturated carbocycles. The minimum Gasteiger partial charge on any atom is -0.301 e. The number of carbonyl (C=O) groups is 1. The molecule has 0 bridgehead atoms. The normalized spacial score (nSPS) is 47.5. The quantitative estimate of drug-likeness (QED) is 0.470. The van der Waals surface area contributed by atoms with Crippen LogP contribution in [0, 0.1) is 0 Å². The lowest BCUT2D eigenvalue weighted by Crippen LogP contribution is -2.38. The van der Waals surface area contributed by atoms with Gasteiger partial charge in [0.2, 0.25) is 0 Å². The SMILES string of the molecule is O=CC12C[C@@H]3c4ccccc4[C@H]1N32. The Hall–Kier alpha value is -1.15. The van der Waals surface area contributed by atoms with E-state index in [1.54, 1.807) is 0 Å². The third-order valence-electron chi connectivity index (χ3n) is 3.87. The molecule has 4 atom stereocenters. The van der Waals surface area contributed by atoms with Crippen molar-refractivity contribution in [3.8, 4) is 0 Å². The van der Waals surface area contributed by atoms with Gasteiger partial charge in [-0.3, -0.25) is 4.90 Å². The molecule has 2 saturated heterocycles. The number of rotatable bonds is 1. The Morgan fingerprint density at radius 1 is 1.38 bits per heavy atom. The summed E-state index contributed by atoms with van der Waals surface area (Å²) in [6, 6.07) is 9.51. The molecule has 3 aliphatic rings. The number of nitrogens with zero attached hydrogens (tertiary/aromatic N) is 1. The van der Waals surface area contributed by atoms with Gasteiger partial charge in [0.1, 0.15) is 6.29 Å². The lowest BCUT2D eigenvalue weighted by atomic mass is 9.79. The van der Waals surface area contributed by atoms with E-state index in [-0.39, 0.29) is 5.54 Å². The zero-order chi connectivity index (χ0) is 8.63. The molecule has 1 aromatic rings. The topological polar surface area (TPSA) is 20.1 Å². The van der Waals surface area contributed by atoms with Gasteiger partial charge in [-0.25, -0.2) is 0 Å². The first-order valence-electron chi connectivity index (χ1n) is 4.72. The fourth-order valence-electron chi connectivity index (χ4n) is 3.27. The van der Waals surface area contributed by atoms with E-state index in [1.807, 2.05) is 0 Å². The second-order valence-corrected chi connectivity index (χ2v) is 4.27. The highest BCUT2D eigenvalue weighted by molar-refractivity contribution is 5.79. The van der Waals surface area contributed by atoms with Crippen molar-refractivity contribution in [1.29, 1.82) is 0 Å². The van der Waals surface area contributed by atoms with Crippen LogP contribution in [0.5, 0.6) is 0 Å². The highest BCUT2D eigenvalue weighted by Crippen LogP contribution is 2.75. The average Bonchev–Trinajstić information content (AvgIpc) is 2.55. The molecule has 0 N–H and O–H groups in total. The predicted octanol–water partition coefficient (Wildman–Crippen LogP) is 1.44. The van der Waals surface area contributed by atoms with E-state index >= 15 is 0 Å². The highest BCUT2D eigenvalue weighted by atomic mass is 16.1. The first-order valence-corrected chi connectivity index (χ1v) is 4.72. The van der Waals surface area contributed by atoms with Crippen LogP contribution in [0.15, 0.2) is 24.3 Å². The van der Waals surface area contributed by atoms with Crippen molar-refractivity contribution in [3.63, 3.8) is 0 Å². The standard InChI is InChI=1S/C11H9NO/c13-6-11-5-9-7-3-1-2-4-8(7)10(11)12(9)11/h1-4,6,9-10H,5H2/t9-,10-,11?,12?/m1/s1. The summed E-state index contributed by atoms with van der Waals surface area (Å²) in [4.78, 5) is 13.2. The molecule has 3 aliphatic heterocycles. The van der Waals surface area contributed by atoms with Gasteiger partial charge < -0.3 is 4.79 Å². The maximum Gasteiger partial charge on any atom is 0.142 e. The Morgan fingerprint density at radius 3 is 2.92 bits per heavy atom. The largest absolute Gasteiger partial charge is 0.301 e. The van der Waals surface area contributed by atoms with Crippen molar-refractivity contribution in [2.24, 2.45) is 0 Å². The van der Waals surface area contributed by atoms with E-state index in [1.165, 1.54) is 11.1 Å². The highest BCUT2D eigenvalue weighted by Gasteiger charge is 2.78. The third-order valence-corrected chi connectivity index (χ3v) is 3.87. The molecule has 13 heavy (non-hydrogen) atoms. The van der Waals surface area contributed by atoms with Crippen LogP contribution in [0.1, 0.15) is 29.6 Å². The molecular weight excluding hydrogens is 162 g/mol. The number of hydrogen-bond acceptors (Lipinski definition) is 2. The van der Waals surface area contributed by atoms with Crippen molar-refractivity contribution >= 4 is 6.29 Å². The number of aldehydes is 1. The van der Waals surface area contributed by atoms with Crippen LogP contribution in [0.2, 0.25) is 0 Å². The van der Waals surface area contributed by atoms with Crippen molar-refractivity contribution in [2.45, 2.75) is 24.0 Å². The fourth-order valence-corrected chi connectivity index (χ4v) is 3.27. The fraction of sp³-hybridized carbons (Fsp3) is 0.364. The molecule has 1 aromatic carbocycles. The molecular formula is C11H9NO. The average molecular weight is 171 g/mol. The molecule has 0 aliphatic carbocycles. The molecule has 0 radical (unpaired) electrons. The monoisotopic (exact) mass is 171 g/mol. The molecule has 2 unspecified atom stereocenters. The van der Waals surface area contributed by atoms with E-state index in [9.17, 15) is 4.79 Å². The maximum absolute atomic E-state index is 10.9. The molecule has 0 spiro atoms. The molecule has 64 valence electrons. The van der Waals surface area contributed by atoms with Gasteiger partial charge in [-0.15, -0.1) is 0 Å². The summed E-state index contributed by atoms with van der Waals surface area (Å²) in [5.41, 5.74) is 2.79. The molecule has 2 nitrogen and oxygen atoms in total. The second kappa shape index (κ2) is 1.58. The minimum absolute atomic E-state index is 0.0565. The summed E-state index contributed by atoms with van der Waals surface area (Å²) in [7, 11) is 0. The maximum atomic E-state index is 10.9. The van der Waals surface area contributed by atoms with Gasteiger partial charge in [0.15, 0.2) is 0 Å². The van der Waals surface area contributed by atoms with Crippen LogP contribution < -0.4 is 0 Å². The molecule has 3 heterocycles. The molecule has 4 rings (SSSR count). The Labute approximate surface area is 76.2 Å². The second-order valence-electron chi connectivity index (χ2n) is 4.27. The molecule has 0 amide bonds. The minimum atomic E-state index is -0.0565. The van der Waals surface area contributed by atoms with Gasteiger partial charge in [-0.2, -0.15) is 0 Å². The Morgan fingerprint density at radius 2 is 2.15 bits per heavy atom. The Bertz CT molecular complexity index is 428. The van der Waals surface area contributed by atoms with Crippen molar-refractivity contribution in [2.75, 3.05) is 0 Å². The van der Waals surface area contributed by atoms with Gasteiger partial charge in [-0.1, -0.05) is 24.3 Å². The number of carbonyl (C=O) groups excluding carboxylic acids is 1. The predicted molar refractivity (Wildman–Crippen MR) is 47.2 cm³/mol. The van der Waals surface area contributed by atoms with Crippen LogP contribution in [-0.4, -0.2) is 16.7 Å². The van der Waals surface area contributed by atoms with Crippen LogP contribution in [-0.2, 0) is 4.79 Å². The summed E-state index contributed by atoms with van der Waals surface area (Å²) in [6.07, 6.45) is 2.20. The van der Waals surface area contributed by atoms with E-state index in [0.29, 0.717) is 12.1 Å². The van der Waals surface area contributed by atoms with Crippen LogP contribution in [0.25, 0.3) is 0 Å². The van der Waals surface area contributed by atoms with E-state index < -0.39 is 0 Å². The lowest BCUT2D eigenvalue weighted by molar-refractivity contribution is -0.114. The van der Waals surface area contributed by atoms with Crippen LogP contribution in [0.3, 0.4) is 0 Å². The van der Waals surface area contributed by atoms with E-state index in [0.717, 1.165) is 12.7 Å². The van der Waals surface area contributed by atoms with Crippen molar-refractivity contribution in [3.05, 3.63) is 35.4 Å². The summed E-state index contributed by atoms with van der Waals surface area (Å²) in [6.45, 7) is 0. The van der Waals surface area contributed by atoms with Gasteiger partial charge in [0.25, 0.3) is 0 Å². The first kappa shape index (κ1) is 6.33. The third kappa shape index (κ3) is 0.442. The van der Waals surface area contributed by atoms with Gasteiger partial charge in [-0.05, 0) is 17.5 Å². The van der Waals surface area contributed by atoms with Crippen molar-refractivity contribution in [1.82, 2.24) is 4.90 Å². The van der Waals surface area contributed by atoms with E-state index in [4.69, 9.17) is 0 Å². The summed E-state index contributed by atoms with van der Waals surface area (Å²) < 4.78 is 0. The molecule has 2 fully saturated rings. The smallest absolute Gasteiger partial charge is 0.142 e. The van der Waals surface area contributed by atoms with Gasteiger partial charge in [0.05, 0.1) is 11.6 Å². The van der Waals surface area contributed by atoms with Gasteiger partial charge in [0, 0.05) is 6.04 Å². The summed E-state index contributed by atoms with van der Waals surface area (Å²) in [5.74, 6) is 0. The van der Waals surface area contributed by atoms with Gasteiger partial charge >= 0.3 is 0 Å². The lowest BCUT2D eigenvalue weighted by Gasteiger charge is -2.33. The zero-order valence-corrected chi connectivity index (χ0v) is 7.10. The number of hydrogen-bond donors (Lipinski definition) is 0. The van der Waals surface area contributed by atoms with E-state index in [2.05, 4.69) is 29.2 Å². The molecule has 0 aromatic heterocycles. The van der Waals surface area contributed by atoms with Crippen molar-refractivity contribution < 1.29 is 4.79 Å². The Balaban J connectivity index is 1.95. The zero-order valence-electron chi connectivity index (χ0n) is 7.10. The van der Waals surface area contributed by atoms with Crippen LogP contribution >= 0.6 is 0 Å². The summed E-state index contributed by atoms with van der Waals surface area (Å²) >= 11 is 0. The number of benzene rings is 1. The van der Waals surface area contributed by atoms with Crippen LogP contribution in [0.4, 0.5) is 0 Å². The Kier molecular flexibility index (Phi) is 0.767.